The highest BCUT2D eigenvalue weighted by atomic mass is 79.9. The van der Waals surface area contributed by atoms with Crippen LogP contribution < -0.4 is 5.43 Å². The second kappa shape index (κ2) is 5.88. The minimum atomic E-state index is -0.266. The van der Waals surface area contributed by atoms with Crippen molar-refractivity contribution < 1.29 is 4.79 Å². The lowest BCUT2D eigenvalue weighted by Gasteiger charge is -2.00. The Morgan fingerprint density at radius 1 is 1.29 bits per heavy atom. The maximum Gasteiger partial charge on any atom is 0.271 e. The molecule has 0 radical (unpaired) electrons. The van der Waals surface area contributed by atoms with E-state index >= 15 is 0 Å². The number of aromatic nitrogens is 2. The summed E-state index contributed by atoms with van der Waals surface area (Å²) in [6, 6.07) is 12.9. The van der Waals surface area contributed by atoms with Gasteiger partial charge >= 0.3 is 0 Å². The fourth-order valence-corrected chi connectivity index (χ4v) is 2.31. The zero-order chi connectivity index (χ0) is 14.7. The summed E-state index contributed by atoms with van der Waals surface area (Å²) in [4.78, 5) is 19.1. The van der Waals surface area contributed by atoms with Gasteiger partial charge in [0.05, 0.1) is 23.6 Å². The Morgan fingerprint density at radius 2 is 2.19 bits per heavy atom. The van der Waals surface area contributed by atoms with Crippen molar-refractivity contribution in [3.8, 4) is 0 Å². The van der Waals surface area contributed by atoms with Crippen molar-refractivity contribution >= 4 is 39.1 Å². The third-order valence-electron chi connectivity index (χ3n) is 2.91. The van der Waals surface area contributed by atoms with Crippen molar-refractivity contribution in [3.63, 3.8) is 0 Å². The van der Waals surface area contributed by atoms with Crippen LogP contribution in [0.4, 0.5) is 0 Å². The number of H-pyrrole nitrogens is 1. The molecule has 0 atom stereocenters. The van der Waals surface area contributed by atoms with Crippen LogP contribution in [0.3, 0.4) is 0 Å². The summed E-state index contributed by atoms with van der Waals surface area (Å²) in [5.41, 5.74) is 5.57. The molecule has 0 spiro atoms. The number of aromatic amines is 1. The molecule has 1 aromatic heterocycles. The molecule has 0 bridgehead atoms. The summed E-state index contributed by atoms with van der Waals surface area (Å²) in [6.07, 6.45) is 3.19. The number of benzene rings is 2. The summed E-state index contributed by atoms with van der Waals surface area (Å²) >= 11 is 3.38. The molecular formula is C15H11BrN4O. The van der Waals surface area contributed by atoms with E-state index in [0.717, 1.165) is 21.1 Å². The summed E-state index contributed by atoms with van der Waals surface area (Å²) in [5.74, 6) is -0.266. The third-order valence-corrected chi connectivity index (χ3v) is 3.40. The molecule has 0 fully saturated rings. The van der Waals surface area contributed by atoms with Gasteiger partial charge in [0.2, 0.25) is 0 Å². The molecule has 5 nitrogen and oxygen atoms in total. The minimum absolute atomic E-state index is 0.266. The monoisotopic (exact) mass is 342 g/mol. The van der Waals surface area contributed by atoms with E-state index in [4.69, 9.17) is 0 Å². The zero-order valence-electron chi connectivity index (χ0n) is 10.9. The Labute approximate surface area is 129 Å². The standard InChI is InChI=1S/C15H11BrN4O/c16-12-3-1-2-10(6-12)8-19-20-15(21)11-4-5-13-14(7-11)18-9-17-13/h1-9H,(H,17,18)(H,20,21)/b19-8-. The molecule has 1 heterocycles. The van der Waals surface area contributed by atoms with E-state index in [1.165, 1.54) is 0 Å². The number of hydrazone groups is 1. The molecule has 0 unspecified atom stereocenters. The number of halogens is 1. The number of fused-ring (bicyclic) bond motifs is 1. The van der Waals surface area contributed by atoms with E-state index in [1.807, 2.05) is 24.3 Å². The predicted molar refractivity (Wildman–Crippen MR) is 85.3 cm³/mol. The van der Waals surface area contributed by atoms with Gasteiger partial charge in [-0.2, -0.15) is 5.10 Å². The number of amides is 1. The van der Waals surface area contributed by atoms with E-state index in [2.05, 4.69) is 36.4 Å². The van der Waals surface area contributed by atoms with E-state index in [-0.39, 0.29) is 5.91 Å². The first-order valence-corrected chi connectivity index (χ1v) is 7.04. The van der Waals surface area contributed by atoms with E-state index in [1.54, 1.807) is 30.7 Å². The average molecular weight is 343 g/mol. The van der Waals surface area contributed by atoms with Gasteiger partial charge in [-0.1, -0.05) is 28.1 Å². The van der Waals surface area contributed by atoms with Crippen molar-refractivity contribution in [2.45, 2.75) is 0 Å². The van der Waals surface area contributed by atoms with Crippen molar-refractivity contribution in [2.24, 2.45) is 5.10 Å². The highest BCUT2D eigenvalue weighted by molar-refractivity contribution is 9.10. The average Bonchev–Trinajstić information content (AvgIpc) is 2.94. The van der Waals surface area contributed by atoms with Gasteiger partial charge in [0.15, 0.2) is 0 Å². The smallest absolute Gasteiger partial charge is 0.271 e. The van der Waals surface area contributed by atoms with Crippen LogP contribution in [-0.4, -0.2) is 22.1 Å². The third kappa shape index (κ3) is 3.17. The maximum absolute atomic E-state index is 12.0. The number of carbonyl (C=O) groups excluding carboxylic acids is 1. The molecule has 3 rings (SSSR count). The molecule has 2 aromatic carbocycles. The highest BCUT2D eigenvalue weighted by Crippen LogP contribution is 2.12. The fourth-order valence-electron chi connectivity index (χ4n) is 1.89. The van der Waals surface area contributed by atoms with Crippen molar-refractivity contribution in [3.05, 3.63) is 64.4 Å². The molecule has 1 amide bonds. The van der Waals surface area contributed by atoms with Crippen LogP contribution in [0.1, 0.15) is 15.9 Å². The molecule has 104 valence electrons. The summed E-state index contributed by atoms with van der Waals surface area (Å²) in [5, 5.41) is 3.96. The molecule has 0 aliphatic heterocycles. The first-order valence-electron chi connectivity index (χ1n) is 6.24. The lowest BCUT2D eigenvalue weighted by atomic mass is 10.2. The maximum atomic E-state index is 12.0. The van der Waals surface area contributed by atoms with Crippen molar-refractivity contribution in [1.29, 1.82) is 0 Å². The lowest BCUT2D eigenvalue weighted by Crippen LogP contribution is -2.17. The Kier molecular flexibility index (Phi) is 3.79. The van der Waals surface area contributed by atoms with Crippen LogP contribution in [0.5, 0.6) is 0 Å². The van der Waals surface area contributed by atoms with Crippen molar-refractivity contribution in [1.82, 2.24) is 15.4 Å². The van der Waals surface area contributed by atoms with Crippen LogP contribution in [-0.2, 0) is 0 Å². The molecule has 21 heavy (non-hydrogen) atoms. The molecule has 0 aliphatic carbocycles. The summed E-state index contributed by atoms with van der Waals surface area (Å²) < 4.78 is 0.961. The molecule has 0 saturated heterocycles. The predicted octanol–water partition coefficient (Wildman–Crippen LogP) is 3.09. The highest BCUT2D eigenvalue weighted by Gasteiger charge is 2.06. The van der Waals surface area contributed by atoms with Gasteiger partial charge < -0.3 is 4.98 Å². The van der Waals surface area contributed by atoms with Gasteiger partial charge in [0.1, 0.15) is 0 Å². The SMILES string of the molecule is O=C(N/N=C\c1cccc(Br)c1)c1ccc2nc[nH]c2c1. The molecule has 0 saturated carbocycles. The number of carbonyl (C=O) groups is 1. The van der Waals surface area contributed by atoms with Crippen LogP contribution in [0, 0.1) is 0 Å². The normalized spacial score (nSPS) is 11.1. The lowest BCUT2D eigenvalue weighted by molar-refractivity contribution is 0.0955. The number of rotatable bonds is 3. The second-order valence-corrected chi connectivity index (χ2v) is 5.30. The number of imidazole rings is 1. The van der Waals surface area contributed by atoms with E-state index in [0.29, 0.717) is 5.56 Å². The van der Waals surface area contributed by atoms with Gasteiger partial charge in [-0.3, -0.25) is 4.79 Å². The molecule has 0 aliphatic rings. The molecular weight excluding hydrogens is 332 g/mol. The van der Waals surface area contributed by atoms with Crippen LogP contribution in [0.25, 0.3) is 11.0 Å². The Balaban J connectivity index is 1.71. The van der Waals surface area contributed by atoms with Crippen LogP contribution in [0.2, 0.25) is 0 Å². The fraction of sp³-hybridized carbons (Fsp3) is 0. The van der Waals surface area contributed by atoms with Crippen LogP contribution in [0.15, 0.2) is 58.4 Å². The number of hydrogen-bond acceptors (Lipinski definition) is 3. The summed E-state index contributed by atoms with van der Waals surface area (Å²) in [7, 11) is 0. The number of hydrogen-bond donors (Lipinski definition) is 2. The quantitative estimate of drug-likeness (QED) is 0.567. The summed E-state index contributed by atoms with van der Waals surface area (Å²) in [6.45, 7) is 0. The largest absolute Gasteiger partial charge is 0.345 e. The van der Waals surface area contributed by atoms with Gasteiger partial charge in [-0.25, -0.2) is 10.4 Å². The van der Waals surface area contributed by atoms with Crippen molar-refractivity contribution in [2.75, 3.05) is 0 Å². The zero-order valence-corrected chi connectivity index (χ0v) is 12.5. The Morgan fingerprint density at radius 3 is 3.05 bits per heavy atom. The molecule has 6 heteroatoms. The second-order valence-electron chi connectivity index (χ2n) is 4.39. The number of nitrogens with zero attached hydrogens (tertiary/aromatic N) is 2. The number of nitrogens with one attached hydrogen (secondary N) is 2. The minimum Gasteiger partial charge on any atom is -0.345 e. The topological polar surface area (TPSA) is 70.1 Å². The molecule has 3 aromatic rings. The van der Waals surface area contributed by atoms with Gasteiger partial charge in [0, 0.05) is 10.0 Å². The first-order chi connectivity index (χ1) is 10.2. The first kappa shape index (κ1) is 13.5. The molecule has 2 N–H and O–H groups in total. The van der Waals surface area contributed by atoms with Gasteiger partial charge in [-0.05, 0) is 35.9 Å². The Bertz CT molecular complexity index is 825. The van der Waals surface area contributed by atoms with Gasteiger partial charge in [-0.15, -0.1) is 0 Å². The van der Waals surface area contributed by atoms with Crippen LogP contribution >= 0.6 is 15.9 Å². The Hall–Kier alpha value is -2.47. The van der Waals surface area contributed by atoms with E-state index in [9.17, 15) is 4.79 Å². The van der Waals surface area contributed by atoms with Gasteiger partial charge in [0.25, 0.3) is 5.91 Å². The van der Waals surface area contributed by atoms with E-state index < -0.39 is 0 Å².